The van der Waals surface area contributed by atoms with Crippen LogP contribution < -0.4 is 11.1 Å². The Hall–Kier alpha value is -1.88. The van der Waals surface area contributed by atoms with Crippen molar-refractivity contribution in [2.24, 2.45) is 5.73 Å². The zero-order valence-corrected chi connectivity index (χ0v) is 8.93. The standard InChI is InChI=1S/C11H14N2O3/c1-7(12)10(14)13-6-8-3-2-4-9(5-8)11(15)16/h2-5,7H,6,12H2,1H3,(H,13,14)(H,15,16)/t7-/m1/s1. The summed E-state index contributed by atoms with van der Waals surface area (Å²) in [5, 5.41) is 11.4. The molecule has 0 aliphatic rings. The second-order valence-corrected chi connectivity index (χ2v) is 3.51. The molecule has 0 spiro atoms. The van der Waals surface area contributed by atoms with Crippen LogP contribution in [-0.4, -0.2) is 23.0 Å². The number of benzene rings is 1. The summed E-state index contributed by atoms with van der Waals surface area (Å²) in [5.41, 5.74) is 6.30. The first kappa shape index (κ1) is 12.2. The van der Waals surface area contributed by atoms with E-state index >= 15 is 0 Å². The fourth-order valence-corrected chi connectivity index (χ4v) is 1.16. The van der Waals surface area contributed by atoms with Gasteiger partial charge in [-0.15, -0.1) is 0 Å². The smallest absolute Gasteiger partial charge is 0.335 e. The van der Waals surface area contributed by atoms with Crippen molar-refractivity contribution in [1.82, 2.24) is 5.32 Å². The average Bonchev–Trinajstić information content (AvgIpc) is 2.26. The van der Waals surface area contributed by atoms with Gasteiger partial charge in [-0.05, 0) is 24.6 Å². The molecular formula is C11H14N2O3. The van der Waals surface area contributed by atoms with Crippen molar-refractivity contribution in [1.29, 1.82) is 0 Å². The number of hydrogen-bond acceptors (Lipinski definition) is 3. The highest BCUT2D eigenvalue weighted by atomic mass is 16.4. The Morgan fingerprint density at radius 1 is 1.50 bits per heavy atom. The summed E-state index contributed by atoms with van der Waals surface area (Å²) in [6, 6.07) is 5.83. The summed E-state index contributed by atoms with van der Waals surface area (Å²) in [5.74, 6) is -1.25. The highest BCUT2D eigenvalue weighted by molar-refractivity contribution is 5.87. The summed E-state index contributed by atoms with van der Waals surface area (Å²) < 4.78 is 0. The van der Waals surface area contributed by atoms with Gasteiger partial charge in [0.1, 0.15) is 0 Å². The van der Waals surface area contributed by atoms with Crippen molar-refractivity contribution in [3.63, 3.8) is 0 Å². The van der Waals surface area contributed by atoms with Gasteiger partial charge in [0, 0.05) is 6.54 Å². The van der Waals surface area contributed by atoms with Crippen molar-refractivity contribution >= 4 is 11.9 Å². The fourth-order valence-electron chi connectivity index (χ4n) is 1.16. The molecule has 0 unspecified atom stereocenters. The van der Waals surface area contributed by atoms with E-state index in [0.29, 0.717) is 0 Å². The van der Waals surface area contributed by atoms with Gasteiger partial charge < -0.3 is 16.2 Å². The predicted molar refractivity (Wildman–Crippen MR) is 58.9 cm³/mol. The number of carboxylic acids is 1. The number of aromatic carboxylic acids is 1. The Labute approximate surface area is 93.3 Å². The van der Waals surface area contributed by atoms with Crippen molar-refractivity contribution < 1.29 is 14.7 Å². The Bertz CT molecular complexity index is 402. The Balaban J connectivity index is 2.64. The first-order valence-electron chi connectivity index (χ1n) is 4.86. The lowest BCUT2D eigenvalue weighted by Crippen LogP contribution is -2.37. The highest BCUT2D eigenvalue weighted by Gasteiger charge is 2.07. The van der Waals surface area contributed by atoms with Gasteiger partial charge in [-0.3, -0.25) is 4.79 Å². The summed E-state index contributed by atoms with van der Waals surface area (Å²) in [6.45, 7) is 1.87. The van der Waals surface area contributed by atoms with Crippen molar-refractivity contribution in [3.8, 4) is 0 Å². The first-order chi connectivity index (χ1) is 7.50. The molecule has 1 amide bonds. The van der Waals surface area contributed by atoms with Crippen molar-refractivity contribution in [2.45, 2.75) is 19.5 Å². The van der Waals surface area contributed by atoms with E-state index in [1.807, 2.05) is 0 Å². The molecule has 0 aliphatic carbocycles. The van der Waals surface area contributed by atoms with Crippen LogP contribution >= 0.6 is 0 Å². The molecule has 0 radical (unpaired) electrons. The van der Waals surface area contributed by atoms with E-state index in [2.05, 4.69) is 5.32 Å². The van der Waals surface area contributed by atoms with Crippen LogP contribution in [0.4, 0.5) is 0 Å². The molecule has 86 valence electrons. The van der Waals surface area contributed by atoms with Gasteiger partial charge in [0.25, 0.3) is 0 Å². The third kappa shape index (κ3) is 3.36. The van der Waals surface area contributed by atoms with E-state index in [4.69, 9.17) is 10.8 Å². The molecule has 1 aromatic rings. The number of nitrogens with two attached hydrogens (primary N) is 1. The van der Waals surface area contributed by atoms with Gasteiger partial charge in [0.15, 0.2) is 0 Å². The van der Waals surface area contributed by atoms with Crippen molar-refractivity contribution in [3.05, 3.63) is 35.4 Å². The topological polar surface area (TPSA) is 92.4 Å². The predicted octanol–water partition coefficient (Wildman–Crippen LogP) is 0.348. The zero-order valence-electron chi connectivity index (χ0n) is 8.93. The zero-order chi connectivity index (χ0) is 12.1. The normalized spacial score (nSPS) is 11.9. The number of rotatable bonds is 4. The van der Waals surface area contributed by atoms with Crippen LogP contribution in [-0.2, 0) is 11.3 Å². The molecule has 0 aromatic heterocycles. The molecule has 1 rings (SSSR count). The quantitative estimate of drug-likeness (QED) is 0.685. The van der Waals surface area contributed by atoms with E-state index < -0.39 is 12.0 Å². The number of carbonyl (C=O) groups is 2. The molecule has 0 saturated heterocycles. The molecule has 0 saturated carbocycles. The van der Waals surface area contributed by atoms with Crippen LogP contribution in [0.25, 0.3) is 0 Å². The Morgan fingerprint density at radius 2 is 2.19 bits per heavy atom. The molecular weight excluding hydrogens is 208 g/mol. The highest BCUT2D eigenvalue weighted by Crippen LogP contribution is 2.04. The van der Waals surface area contributed by atoms with Crippen LogP contribution in [0.2, 0.25) is 0 Å². The molecule has 4 N–H and O–H groups in total. The molecule has 5 nitrogen and oxygen atoms in total. The summed E-state index contributed by atoms with van der Waals surface area (Å²) in [7, 11) is 0. The van der Waals surface area contributed by atoms with Crippen LogP contribution in [0.3, 0.4) is 0 Å². The van der Waals surface area contributed by atoms with E-state index in [1.54, 1.807) is 19.1 Å². The maximum Gasteiger partial charge on any atom is 0.335 e. The lowest BCUT2D eigenvalue weighted by atomic mass is 10.1. The number of carboxylic acid groups (broad SMARTS) is 1. The van der Waals surface area contributed by atoms with E-state index in [0.717, 1.165) is 5.56 Å². The average molecular weight is 222 g/mol. The van der Waals surface area contributed by atoms with Crippen molar-refractivity contribution in [2.75, 3.05) is 0 Å². The van der Waals surface area contributed by atoms with Gasteiger partial charge in [-0.1, -0.05) is 12.1 Å². The van der Waals surface area contributed by atoms with Crippen LogP contribution in [0.15, 0.2) is 24.3 Å². The van der Waals surface area contributed by atoms with Crippen LogP contribution in [0.5, 0.6) is 0 Å². The summed E-state index contributed by atoms with van der Waals surface area (Å²) >= 11 is 0. The van der Waals surface area contributed by atoms with Gasteiger partial charge >= 0.3 is 5.97 Å². The molecule has 1 atom stereocenters. The van der Waals surface area contributed by atoms with Gasteiger partial charge in [-0.2, -0.15) is 0 Å². The molecule has 0 heterocycles. The Morgan fingerprint density at radius 3 is 2.75 bits per heavy atom. The largest absolute Gasteiger partial charge is 0.478 e. The minimum atomic E-state index is -0.986. The lowest BCUT2D eigenvalue weighted by molar-refractivity contribution is -0.122. The molecule has 16 heavy (non-hydrogen) atoms. The molecule has 1 aromatic carbocycles. The summed E-state index contributed by atoms with van der Waals surface area (Å²) in [6.07, 6.45) is 0. The van der Waals surface area contributed by atoms with Gasteiger partial charge in [0.2, 0.25) is 5.91 Å². The SMILES string of the molecule is C[C@@H](N)C(=O)NCc1cccc(C(=O)O)c1. The van der Waals surface area contributed by atoms with E-state index in [-0.39, 0.29) is 18.0 Å². The Kier molecular flexibility index (Phi) is 4.02. The van der Waals surface area contributed by atoms with E-state index in [1.165, 1.54) is 12.1 Å². The molecule has 0 bridgehead atoms. The van der Waals surface area contributed by atoms with E-state index in [9.17, 15) is 9.59 Å². The lowest BCUT2D eigenvalue weighted by Gasteiger charge is -2.08. The maximum atomic E-state index is 11.2. The molecule has 0 aliphatic heterocycles. The third-order valence-corrected chi connectivity index (χ3v) is 2.05. The second-order valence-electron chi connectivity index (χ2n) is 3.51. The van der Waals surface area contributed by atoms with Crippen LogP contribution in [0, 0.1) is 0 Å². The monoisotopic (exact) mass is 222 g/mol. The number of nitrogens with one attached hydrogen (secondary N) is 1. The van der Waals surface area contributed by atoms with Gasteiger partial charge in [0.05, 0.1) is 11.6 Å². The fraction of sp³-hybridized carbons (Fsp3) is 0.273. The number of carbonyl (C=O) groups excluding carboxylic acids is 1. The summed E-state index contributed by atoms with van der Waals surface area (Å²) in [4.78, 5) is 21.9. The number of amides is 1. The first-order valence-corrected chi connectivity index (χ1v) is 4.86. The molecule has 0 fully saturated rings. The second kappa shape index (κ2) is 5.27. The number of hydrogen-bond donors (Lipinski definition) is 3. The maximum absolute atomic E-state index is 11.2. The minimum absolute atomic E-state index is 0.201. The van der Waals surface area contributed by atoms with Crippen LogP contribution in [0.1, 0.15) is 22.8 Å². The third-order valence-electron chi connectivity index (χ3n) is 2.05. The molecule has 5 heteroatoms. The minimum Gasteiger partial charge on any atom is -0.478 e. The van der Waals surface area contributed by atoms with Gasteiger partial charge in [-0.25, -0.2) is 4.79 Å².